The van der Waals surface area contributed by atoms with Crippen LogP contribution in [0, 0.1) is 5.92 Å². The van der Waals surface area contributed by atoms with Crippen molar-refractivity contribution in [3.05, 3.63) is 35.9 Å². The molecule has 1 atom stereocenters. The van der Waals surface area contributed by atoms with E-state index in [9.17, 15) is 9.59 Å². The highest BCUT2D eigenvalue weighted by molar-refractivity contribution is 5.96. The molecule has 17 heavy (non-hydrogen) atoms. The fraction of sp³-hybridized carbons (Fsp3) is 0.429. The molecule has 92 valence electrons. The summed E-state index contributed by atoms with van der Waals surface area (Å²) in [6, 6.07) is 9.78. The van der Waals surface area contributed by atoms with Crippen LogP contribution in [0.5, 0.6) is 0 Å². The molecule has 1 rings (SSSR count). The summed E-state index contributed by atoms with van der Waals surface area (Å²) in [5.74, 6) is -0.647. The molecular weight excluding hydrogens is 216 g/mol. The van der Waals surface area contributed by atoms with Crippen LogP contribution in [-0.4, -0.2) is 18.4 Å². The van der Waals surface area contributed by atoms with Gasteiger partial charge in [-0.05, 0) is 18.9 Å². The Kier molecular flexibility index (Phi) is 5.40. The monoisotopic (exact) mass is 234 g/mol. The van der Waals surface area contributed by atoms with Gasteiger partial charge >= 0.3 is 5.97 Å². The van der Waals surface area contributed by atoms with Crippen molar-refractivity contribution in [3.8, 4) is 0 Å². The van der Waals surface area contributed by atoms with Crippen molar-refractivity contribution in [3.63, 3.8) is 0 Å². The quantitative estimate of drug-likeness (QED) is 0.560. The van der Waals surface area contributed by atoms with E-state index in [2.05, 4.69) is 0 Å². The fourth-order valence-corrected chi connectivity index (χ4v) is 1.61. The van der Waals surface area contributed by atoms with Crippen LogP contribution < -0.4 is 0 Å². The first-order chi connectivity index (χ1) is 8.13. The van der Waals surface area contributed by atoms with Crippen LogP contribution in [-0.2, 0) is 20.7 Å². The topological polar surface area (TPSA) is 43.4 Å². The standard InChI is InChI=1S/C14H18O3/c1-3-17-14(16)10-13(15)11(2)9-12-7-5-4-6-8-12/h4-8,11H,3,9-10H2,1-2H3/t11-/m0/s1. The predicted molar refractivity (Wildman–Crippen MR) is 65.6 cm³/mol. The van der Waals surface area contributed by atoms with E-state index < -0.39 is 5.97 Å². The molecule has 0 aliphatic carbocycles. The second kappa shape index (κ2) is 6.84. The summed E-state index contributed by atoms with van der Waals surface area (Å²) in [4.78, 5) is 22.9. The second-order valence-corrected chi connectivity index (χ2v) is 4.04. The molecule has 0 fully saturated rings. The molecule has 0 radical (unpaired) electrons. The van der Waals surface area contributed by atoms with Gasteiger partial charge in [0.05, 0.1) is 6.61 Å². The maximum Gasteiger partial charge on any atom is 0.313 e. The van der Waals surface area contributed by atoms with E-state index in [0.29, 0.717) is 13.0 Å². The van der Waals surface area contributed by atoms with Gasteiger partial charge in [-0.15, -0.1) is 0 Å². The van der Waals surface area contributed by atoms with Crippen LogP contribution in [0.15, 0.2) is 30.3 Å². The third-order valence-corrected chi connectivity index (χ3v) is 2.56. The molecule has 0 saturated carbocycles. The summed E-state index contributed by atoms with van der Waals surface area (Å²) in [5.41, 5.74) is 1.11. The zero-order chi connectivity index (χ0) is 12.7. The smallest absolute Gasteiger partial charge is 0.313 e. The summed E-state index contributed by atoms with van der Waals surface area (Å²) in [6.07, 6.45) is 0.543. The molecule has 0 saturated heterocycles. The highest BCUT2D eigenvalue weighted by Gasteiger charge is 2.17. The lowest BCUT2D eigenvalue weighted by Crippen LogP contribution is -2.19. The lowest BCUT2D eigenvalue weighted by Gasteiger charge is -2.09. The molecule has 0 bridgehead atoms. The van der Waals surface area contributed by atoms with Gasteiger partial charge in [0.2, 0.25) is 0 Å². The van der Waals surface area contributed by atoms with Crippen LogP contribution in [0.4, 0.5) is 0 Å². The first kappa shape index (κ1) is 13.4. The van der Waals surface area contributed by atoms with Crippen molar-refractivity contribution >= 4 is 11.8 Å². The number of hydrogen-bond acceptors (Lipinski definition) is 3. The van der Waals surface area contributed by atoms with Crippen molar-refractivity contribution in [2.45, 2.75) is 26.7 Å². The maximum absolute atomic E-state index is 11.7. The summed E-state index contributed by atoms with van der Waals surface area (Å²) >= 11 is 0. The normalized spacial score (nSPS) is 11.9. The second-order valence-electron chi connectivity index (χ2n) is 4.04. The minimum Gasteiger partial charge on any atom is -0.466 e. The first-order valence-corrected chi connectivity index (χ1v) is 5.85. The van der Waals surface area contributed by atoms with Gasteiger partial charge in [0.25, 0.3) is 0 Å². The first-order valence-electron chi connectivity index (χ1n) is 5.85. The van der Waals surface area contributed by atoms with Gasteiger partial charge in [-0.1, -0.05) is 37.3 Å². The van der Waals surface area contributed by atoms with Crippen LogP contribution in [0.3, 0.4) is 0 Å². The van der Waals surface area contributed by atoms with E-state index in [1.165, 1.54) is 0 Å². The Morgan fingerprint density at radius 3 is 2.47 bits per heavy atom. The summed E-state index contributed by atoms with van der Waals surface area (Å²) in [7, 11) is 0. The van der Waals surface area contributed by atoms with E-state index in [0.717, 1.165) is 5.56 Å². The van der Waals surface area contributed by atoms with E-state index >= 15 is 0 Å². The molecule has 0 unspecified atom stereocenters. The number of benzene rings is 1. The molecule has 0 heterocycles. The van der Waals surface area contributed by atoms with Gasteiger partial charge in [0.1, 0.15) is 12.2 Å². The van der Waals surface area contributed by atoms with Gasteiger partial charge in [-0.25, -0.2) is 0 Å². The summed E-state index contributed by atoms with van der Waals surface area (Å²) < 4.78 is 4.75. The molecule has 0 spiro atoms. The number of ketones is 1. The fourth-order valence-electron chi connectivity index (χ4n) is 1.61. The minimum absolute atomic E-state index is 0.0627. The minimum atomic E-state index is -0.433. The molecule has 0 aromatic heterocycles. The number of hydrogen-bond donors (Lipinski definition) is 0. The third-order valence-electron chi connectivity index (χ3n) is 2.56. The zero-order valence-electron chi connectivity index (χ0n) is 10.3. The number of carbonyl (C=O) groups excluding carboxylic acids is 2. The van der Waals surface area contributed by atoms with E-state index in [4.69, 9.17) is 4.74 Å². The highest BCUT2D eigenvalue weighted by atomic mass is 16.5. The Morgan fingerprint density at radius 2 is 1.88 bits per heavy atom. The van der Waals surface area contributed by atoms with Crippen LogP contribution in [0.2, 0.25) is 0 Å². The van der Waals surface area contributed by atoms with Crippen molar-refractivity contribution < 1.29 is 14.3 Å². The SMILES string of the molecule is CCOC(=O)CC(=O)[C@@H](C)Cc1ccccc1. The molecule has 0 amide bonds. The van der Waals surface area contributed by atoms with Crippen LogP contribution in [0.25, 0.3) is 0 Å². The number of ether oxygens (including phenoxy) is 1. The molecule has 0 aliphatic rings. The molecule has 1 aromatic rings. The highest BCUT2D eigenvalue weighted by Crippen LogP contribution is 2.11. The van der Waals surface area contributed by atoms with Crippen molar-refractivity contribution in [1.82, 2.24) is 0 Å². The maximum atomic E-state index is 11.7. The van der Waals surface area contributed by atoms with Gasteiger partial charge in [-0.3, -0.25) is 9.59 Å². The number of carbonyl (C=O) groups is 2. The van der Waals surface area contributed by atoms with E-state index in [-0.39, 0.29) is 18.1 Å². The lowest BCUT2D eigenvalue weighted by molar-refractivity contribution is -0.146. The Bertz CT molecular complexity index is 370. The van der Waals surface area contributed by atoms with E-state index in [1.807, 2.05) is 37.3 Å². The lowest BCUT2D eigenvalue weighted by atomic mass is 9.95. The molecule has 3 nitrogen and oxygen atoms in total. The number of Topliss-reactive ketones (excluding diaryl/α,β-unsaturated/α-hetero) is 1. The van der Waals surface area contributed by atoms with Crippen LogP contribution in [0.1, 0.15) is 25.8 Å². The average molecular weight is 234 g/mol. The van der Waals surface area contributed by atoms with Gasteiger partial charge < -0.3 is 4.74 Å². The Morgan fingerprint density at radius 1 is 1.24 bits per heavy atom. The number of esters is 1. The number of rotatable bonds is 6. The zero-order valence-corrected chi connectivity index (χ0v) is 10.3. The van der Waals surface area contributed by atoms with Crippen LogP contribution >= 0.6 is 0 Å². The largest absolute Gasteiger partial charge is 0.466 e. The Labute approximate surface area is 102 Å². The Balaban J connectivity index is 2.45. The third kappa shape index (κ3) is 4.81. The summed E-state index contributed by atoms with van der Waals surface area (Å²) in [5, 5.41) is 0. The van der Waals surface area contributed by atoms with Gasteiger partial charge in [0, 0.05) is 5.92 Å². The van der Waals surface area contributed by atoms with Crippen molar-refractivity contribution in [2.75, 3.05) is 6.61 Å². The summed E-state index contributed by atoms with van der Waals surface area (Å²) in [6.45, 7) is 3.89. The molecule has 3 heteroatoms. The van der Waals surface area contributed by atoms with Gasteiger partial charge in [-0.2, -0.15) is 0 Å². The van der Waals surface area contributed by atoms with Gasteiger partial charge in [0.15, 0.2) is 0 Å². The Hall–Kier alpha value is -1.64. The average Bonchev–Trinajstić information content (AvgIpc) is 2.30. The predicted octanol–water partition coefficient (Wildman–Crippen LogP) is 2.39. The van der Waals surface area contributed by atoms with E-state index in [1.54, 1.807) is 6.92 Å². The molecular formula is C14H18O3. The van der Waals surface area contributed by atoms with Crippen molar-refractivity contribution in [1.29, 1.82) is 0 Å². The molecule has 0 aliphatic heterocycles. The molecule has 1 aromatic carbocycles. The van der Waals surface area contributed by atoms with Crippen molar-refractivity contribution in [2.24, 2.45) is 5.92 Å². The molecule has 0 N–H and O–H groups in total.